The van der Waals surface area contributed by atoms with Gasteiger partial charge in [-0.3, -0.25) is 4.79 Å². The van der Waals surface area contributed by atoms with Crippen molar-refractivity contribution in [1.82, 2.24) is 14.8 Å². The summed E-state index contributed by atoms with van der Waals surface area (Å²) in [5, 5.41) is 5.21. The Bertz CT molecular complexity index is 637. The molecule has 0 aliphatic carbocycles. The summed E-state index contributed by atoms with van der Waals surface area (Å²) in [5.41, 5.74) is 0.412. The number of carbonyl (C=O) groups is 1. The van der Waals surface area contributed by atoms with Crippen LogP contribution in [0.15, 0.2) is 18.2 Å². The van der Waals surface area contributed by atoms with E-state index in [1.54, 1.807) is 22.9 Å². The number of hydrogen-bond acceptors (Lipinski definition) is 3. The maximum Gasteiger partial charge on any atom is 0.185 e. The highest BCUT2D eigenvalue weighted by molar-refractivity contribution is 6.35. The summed E-state index contributed by atoms with van der Waals surface area (Å²) in [6, 6.07) is 4.86. The molecule has 0 radical (unpaired) electrons. The van der Waals surface area contributed by atoms with E-state index >= 15 is 0 Å². The van der Waals surface area contributed by atoms with Gasteiger partial charge in [0.25, 0.3) is 0 Å². The van der Waals surface area contributed by atoms with Gasteiger partial charge in [-0.1, -0.05) is 37.0 Å². The molecule has 0 fully saturated rings. The van der Waals surface area contributed by atoms with Crippen LogP contribution in [0.4, 0.5) is 0 Å². The molecule has 0 unspecified atom stereocenters. The fourth-order valence-corrected chi connectivity index (χ4v) is 2.29. The smallest absolute Gasteiger partial charge is 0.185 e. The number of aryl methyl sites for hydroxylation is 2. The van der Waals surface area contributed by atoms with Gasteiger partial charge in [-0.15, -0.1) is 0 Å². The first-order valence-electron chi connectivity index (χ1n) is 6.46. The third kappa shape index (κ3) is 3.19. The van der Waals surface area contributed by atoms with Crippen LogP contribution >= 0.6 is 23.2 Å². The Morgan fingerprint density at radius 2 is 2.00 bits per heavy atom. The molecule has 0 bridgehead atoms. The Kier molecular flexibility index (Phi) is 4.78. The summed E-state index contributed by atoms with van der Waals surface area (Å²) in [5.74, 6) is 1.42. The lowest BCUT2D eigenvalue weighted by Gasteiger charge is -2.06. The minimum atomic E-state index is -0.125. The number of halogens is 2. The van der Waals surface area contributed by atoms with Crippen LogP contribution in [0.3, 0.4) is 0 Å². The summed E-state index contributed by atoms with van der Waals surface area (Å²) in [6.45, 7) is 4.09. The quantitative estimate of drug-likeness (QED) is 0.793. The second-order valence-corrected chi connectivity index (χ2v) is 5.20. The van der Waals surface area contributed by atoms with Crippen LogP contribution in [0.2, 0.25) is 10.0 Å². The summed E-state index contributed by atoms with van der Waals surface area (Å²) in [6.07, 6.45) is 1.47. The Balaban J connectivity index is 2.27. The van der Waals surface area contributed by atoms with E-state index in [9.17, 15) is 4.79 Å². The van der Waals surface area contributed by atoms with Crippen molar-refractivity contribution in [1.29, 1.82) is 0 Å². The largest absolute Gasteiger partial charge is 0.292 e. The van der Waals surface area contributed by atoms with Gasteiger partial charge in [-0.2, -0.15) is 5.10 Å². The first kappa shape index (κ1) is 15.0. The molecule has 2 rings (SSSR count). The minimum Gasteiger partial charge on any atom is -0.292 e. The number of carbonyl (C=O) groups excluding carboxylic acids is 1. The third-order valence-electron chi connectivity index (χ3n) is 2.95. The highest BCUT2D eigenvalue weighted by atomic mass is 35.5. The average molecular weight is 312 g/mol. The standard InChI is InChI=1S/C14H15Cl2N3O/c1-3-13-17-14(4-2)19(18-13)8-12(20)10-7-9(15)5-6-11(10)16/h5-7H,3-4,8H2,1-2H3. The highest BCUT2D eigenvalue weighted by Crippen LogP contribution is 2.21. The lowest BCUT2D eigenvalue weighted by Crippen LogP contribution is -2.14. The van der Waals surface area contributed by atoms with Gasteiger partial charge in [0.2, 0.25) is 0 Å². The molecular weight excluding hydrogens is 297 g/mol. The minimum absolute atomic E-state index is 0.121. The molecule has 1 heterocycles. The van der Waals surface area contributed by atoms with E-state index in [4.69, 9.17) is 23.2 Å². The zero-order valence-corrected chi connectivity index (χ0v) is 12.9. The number of Topliss-reactive ketones (excluding diaryl/α,β-unsaturated/α-hetero) is 1. The summed E-state index contributed by atoms with van der Waals surface area (Å²) in [4.78, 5) is 16.7. The molecule has 0 amide bonds. The molecule has 0 aliphatic rings. The van der Waals surface area contributed by atoms with Crippen molar-refractivity contribution in [2.45, 2.75) is 33.2 Å². The molecular formula is C14H15Cl2N3O. The number of ketones is 1. The summed E-state index contributed by atoms with van der Waals surface area (Å²) in [7, 11) is 0. The molecule has 0 aliphatic heterocycles. The van der Waals surface area contributed by atoms with Crippen molar-refractivity contribution in [3.63, 3.8) is 0 Å². The zero-order valence-electron chi connectivity index (χ0n) is 11.4. The summed E-state index contributed by atoms with van der Waals surface area (Å²) >= 11 is 11.9. The lowest BCUT2D eigenvalue weighted by atomic mass is 10.1. The fraction of sp³-hybridized carbons (Fsp3) is 0.357. The maximum atomic E-state index is 12.3. The van der Waals surface area contributed by atoms with Gasteiger partial charge >= 0.3 is 0 Å². The number of aromatic nitrogens is 3. The number of hydrogen-bond donors (Lipinski definition) is 0. The molecule has 2 aromatic rings. The van der Waals surface area contributed by atoms with Crippen LogP contribution in [0.1, 0.15) is 35.9 Å². The van der Waals surface area contributed by atoms with E-state index in [0.29, 0.717) is 15.6 Å². The topological polar surface area (TPSA) is 47.8 Å². The fourth-order valence-electron chi connectivity index (χ4n) is 1.90. The van der Waals surface area contributed by atoms with Crippen molar-refractivity contribution in [3.8, 4) is 0 Å². The van der Waals surface area contributed by atoms with Crippen molar-refractivity contribution >= 4 is 29.0 Å². The van der Waals surface area contributed by atoms with Gasteiger partial charge in [0.1, 0.15) is 12.4 Å². The zero-order chi connectivity index (χ0) is 14.7. The Morgan fingerprint density at radius 1 is 1.25 bits per heavy atom. The van der Waals surface area contributed by atoms with Gasteiger partial charge in [0.05, 0.1) is 5.02 Å². The normalized spacial score (nSPS) is 10.8. The molecule has 0 spiro atoms. The van der Waals surface area contributed by atoms with Gasteiger partial charge in [-0.25, -0.2) is 9.67 Å². The molecule has 0 N–H and O–H groups in total. The van der Waals surface area contributed by atoms with Gasteiger partial charge in [0.15, 0.2) is 11.6 Å². The van der Waals surface area contributed by atoms with E-state index < -0.39 is 0 Å². The molecule has 106 valence electrons. The molecule has 1 aromatic carbocycles. The van der Waals surface area contributed by atoms with Crippen LogP contribution in [-0.2, 0) is 19.4 Å². The van der Waals surface area contributed by atoms with E-state index in [-0.39, 0.29) is 12.3 Å². The number of benzene rings is 1. The van der Waals surface area contributed by atoms with Crippen LogP contribution in [0.5, 0.6) is 0 Å². The third-order valence-corrected chi connectivity index (χ3v) is 3.51. The van der Waals surface area contributed by atoms with Crippen LogP contribution < -0.4 is 0 Å². The molecule has 20 heavy (non-hydrogen) atoms. The molecule has 0 saturated heterocycles. The van der Waals surface area contributed by atoms with E-state index in [1.165, 1.54) is 0 Å². The molecule has 0 saturated carbocycles. The Morgan fingerprint density at radius 3 is 2.65 bits per heavy atom. The average Bonchev–Trinajstić information content (AvgIpc) is 2.83. The monoisotopic (exact) mass is 311 g/mol. The highest BCUT2D eigenvalue weighted by Gasteiger charge is 2.15. The molecule has 1 aromatic heterocycles. The van der Waals surface area contributed by atoms with Crippen molar-refractivity contribution in [2.24, 2.45) is 0 Å². The number of rotatable bonds is 5. The maximum absolute atomic E-state index is 12.3. The van der Waals surface area contributed by atoms with Crippen LogP contribution in [0, 0.1) is 0 Å². The van der Waals surface area contributed by atoms with Gasteiger partial charge in [0, 0.05) is 23.4 Å². The predicted octanol–water partition coefficient (Wildman–Crippen LogP) is 3.59. The summed E-state index contributed by atoms with van der Waals surface area (Å²) < 4.78 is 1.64. The van der Waals surface area contributed by atoms with E-state index in [1.807, 2.05) is 13.8 Å². The molecule has 0 atom stereocenters. The molecule has 4 nitrogen and oxygen atoms in total. The first-order valence-corrected chi connectivity index (χ1v) is 7.21. The predicted molar refractivity (Wildman–Crippen MR) is 79.6 cm³/mol. The molecule has 6 heteroatoms. The van der Waals surface area contributed by atoms with Gasteiger partial charge in [-0.05, 0) is 18.2 Å². The van der Waals surface area contributed by atoms with Crippen molar-refractivity contribution < 1.29 is 4.79 Å². The Hall–Kier alpha value is -1.39. The van der Waals surface area contributed by atoms with Crippen LogP contribution in [-0.4, -0.2) is 20.5 Å². The first-order chi connectivity index (χ1) is 9.55. The van der Waals surface area contributed by atoms with Gasteiger partial charge < -0.3 is 0 Å². The van der Waals surface area contributed by atoms with Crippen LogP contribution in [0.25, 0.3) is 0 Å². The SMILES string of the molecule is CCc1nc(CC)n(CC(=O)c2cc(Cl)ccc2Cl)n1. The lowest BCUT2D eigenvalue weighted by molar-refractivity contribution is 0.0966. The van der Waals surface area contributed by atoms with Crippen molar-refractivity contribution in [2.75, 3.05) is 0 Å². The Labute approximate surface area is 127 Å². The van der Waals surface area contributed by atoms with Crippen molar-refractivity contribution in [3.05, 3.63) is 45.5 Å². The number of nitrogens with zero attached hydrogens (tertiary/aromatic N) is 3. The van der Waals surface area contributed by atoms with E-state index in [0.717, 1.165) is 24.5 Å². The second kappa shape index (κ2) is 6.37. The van der Waals surface area contributed by atoms with E-state index in [2.05, 4.69) is 10.1 Å². The second-order valence-electron chi connectivity index (χ2n) is 4.36.